The molecule has 0 spiro atoms. The molecule has 0 aromatic heterocycles. The Kier molecular flexibility index (Phi) is 4.23. The Morgan fingerprint density at radius 1 is 0.952 bits per heavy atom. The lowest BCUT2D eigenvalue weighted by Gasteiger charge is -2.14. The number of ether oxygens (including phenoxy) is 1. The van der Waals surface area contributed by atoms with Crippen molar-refractivity contribution in [1.29, 1.82) is 0 Å². The molecule has 0 aliphatic carbocycles. The molecule has 2 aromatic carbocycles. The zero-order valence-corrected chi connectivity index (χ0v) is 11.7. The summed E-state index contributed by atoms with van der Waals surface area (Å²) in [5.41, 5.74) is 0.878. The monoisotopic (exact) mass is 296 g/mol. The summed E-state index contributed by atoms with van der Waals surface area (Å²) >= 11 is 0. The SMILES string of the molecule is Cc1cc(C)cc(Oc2ccc(CO)c(C(F)(F)F)c2)c1. The summed E-state index contributed by atoms with van der Waals surface area (Å²) in [4.78, 5) is 0. The van der Waals surface area contributed by atoms with E-state index >= 15 is 0 Å². The number of alkyl halides is 3. The third kappa shape index (κ3) is 3.76. The highest BCUT2D eigenvalue weighted by Crippen LogP contribution is 2.35. The maximum absolute atomic E-state index is 12.9. The predicted octanol–water partition coefficient (Wildman–Crippen LogP) is 4.61. The van der Waals surface area contributed by atoms with Crippen molar-refractivity contribution in [3.63, 3.8) is 0 Å². The Hall–Kier alpha value is -2.01. The summed E-state index contributed by atoms with van der Waals surface area (Å²) in [6.07, 6.45) is -4.53. The van der Waals surface area contributed by atoms with E-state index in [-0.39, 0.29) is 11.3 Å². The summed E-state index contributed by atoms with van der Waals surface area (Å²) in [5.74, 6) is 0.571. The van der Waals surface area contributed by atoms with Crippen LogP contribution in [0.5, 0.6) is 11.5 Å². The van der Waals surface area contributed by atoms with Crippen molar-refractivity contribution in [2.24, 2.45) is 0 Å². The molecular formula is C16H15F3O2. The molecule has 0 radical (unpaired) electrons. The van der Waals surface area contributed by atoms with Gasteiger partial charge in [0.1, 0.15) is 11.5 Å². The van der Waals surface area contributed by atoms with E-state index in [0.29, 0.717) is 5.75 Å². The van der Waals surface area contributed by atoms with Gasteiger partial charge in [0.2, 0.25) is 0 Å². The van der Waals surface area contributed by atoms with Crippen LogP contribution in [0, 0.1) is 13.8 Å². The maximum atomic E-state index is 12.9. The number of rotatable bonds is 3. The first kappa shape index (κ1) is 15.4. The van der Waals surface area contributed by atoms with Gasteiger partial charge in [-0.2, -0.15) is 13.2 Å². The van der Waals surface area contributed by atoms with Gasteiger partial charge >= 0.3 is 6.18 Å². The molecule has 112 valence electrons. The second-order valence-corrected chi connectivity index (χ2v) is 4.90. The molecule has 2 rings (SSSR count). The maximum Gasteiger partial charge on any atom is 0.416 e. The molecule has 0 aliphatic heterocycles. The van der Waals surface area contributed by atoms with E-state index in [1.165, 1.54) is 12.1 Å². The van der Waals surface area contributed by atoms with Crippen molar-refractivity contribution in [2.75, 3.05) is 0 Å². The molecule has 0 unspecified atom stereocenters. The van der Waals surface area contributed by atoms with Crippen molar-refractivity contribution in [2.45, 2.75) is 26.6 Å². The number of hydrogen-bond acceptors (Lipinski definition) is 2. The smallest absolute Gasteiger partial charge is 0.416 e. The van der Waals surface area contributed by atoms with Crippen molar-refractivity contribution in [3.8, 4) is 11.5 Å². The molecule has 0 saturated carbocycles. The Morgan fingerprint density at radius 2 is 1.57 bits per heavy atom. The molecule has 0 bridgehead atoms. The molecule has 0 atom stereocenters. The van der Waals surface area contributed by atoms with Crippen LogP contribution in [-0.2, 0) is 12.8 Å². The first-order chi connectivity index (χ1) is 9.79. The number of aliphatic hydroxyl groups is 1. The van der Waals surface area contributed by atoms with E-state index in [2.05, 4.69) is 0 Å². The Morgan fingerprint density at radius 3 is 2.10 bits per heavy atom. The van der Waals surface area contributed by atoms with Crippen LogP contribution in [-0.4, -0.2) is 5.11 Å². The fraction of sp³-hybridized carbons (Fsp3) is 0.250. The van der Waals surface area contributed by atoms with E-state index in [1.54, 1.807) is 12.1 Å². The van der Waals surface area contributed by atoms with Gasteiger partial charge in [-0.15, -0.1) is 0 Å². The standard InChI is InChI=1S/C16H15F3O2/c1-10-5-11(2)7-14(6-10)21-13-4-3-12(9-20)15(8-13)16(17,18)19/h3-8,20H,9H2,1-2H3. The van der Waals surface area contributed by atoms with Crippen LogP contribution in [0.1, 0.15) is 22.3 Å². The average Bonchev–Trinajstić information content (AvgIpc) is 2.36. The average molecular weight is 296 g/mol. The summed E-state index contributed by atoms with van der Waals surface area (Å²) in [6, 6.07) is 8.99. The number of aryl methyl sites for hydroxylation is 2. The summed E-state index contributed by atoms with van der Waals surface area (Å²) in [5, 5.41) is 8.99. The van der Waals surface area contributed by atoms with Gasteiger partial charge in [-0.1, -0.05) is 12.1 Å². The van der Waals surface area contributed by atoms with Crippen LogP contribution >= 0.6 is 0 Å². The highest BCUT2D eigenvalue weighted by molar-refractivity contribution is 5.41. The largest absolute Gasteiger partial charge is 0.457 e. The van der Waals surface area contributed by atoms with Crippen molar-refractivity contribution in [1.82, 2.24) is 0 Å². The Bertz CT molecular complexity index is 628. The van der Waals surface area contributed by atoms with E-state index in [9.17, 15) is 13.2 Å². The van der Waals surface area contributed by atoms with Crippen LogP contribution < -0.4 is 4.74 Å². The first-order valence-electron chi connectivity index (χ1n) is 6.37. The fourth-order valence-corrected chi connectivity index (χ4v) is 2.15. The minimum absolute atomic E-state index is 0.0875. The van der Waals surface area contributed by atoms with Gasteiger partial charge in [0.25, 0.3) is 0 Å². The topological polar surface area (TPSA) is 29.5 Å². The molecule has 5 heteroatoms. The van der Waals surface area contributed by atoms with Crippen LogP contribution in [0.25, 0.3) is 0 Å². The van der Waals surface area contributed by atoms with Gasteiger partial charge < -0.3 is 9.84 Å². The van der Waals surface area contributed by atoms with Crippen molar-refractivity contribution in [3.05, 3.63) is 58.7 Å². The Balaban J connectivity index is 2.37. The van der Waals surface area contributed by atoms with Crippen LogP contribution in [0.4, 0.5) is 13.2 Å². The number of halogens is 3. The Labute approximate surface area is 120 Å². The quantitative estimate of drug-likeness (QED) is 0.896. The fourth-order valence-electron chi connectivity index (χ4n) is 2.15. The third-order valence-corrected chi connectivity index (χ3v) is 2.99. The molecule has 0 saturated heterocycles. The molecule has 0 heterocycles. The van der Waals surface area contributed by atoms with E-state index in [4.69, 9.17) is 9.84 Å². The second kappa shape index (κ2) is 5.77. The molecule has 21 heavy (non-hydrogen) atoms. The van der Waals surface area contributed by atoms with Gasteiger partial charge in [0, 0.05) is 0 Å². The number of benzene rings is 2. The van der Waals surface area contributed by atoms with Crippen molar-refractivity contribution < 1.29 is 23.0 Å². The van der Waals surface area contributed by atoms with Crippen LogP contribution in [0.15, 0.2) is 36.4 Å². The highest BCUT2D eigenvalue weighted by Gasteiger charge is 2.33. The molecule has 0 fully saturated rings. The van der Waals surface area contributed by atoms with Gasteiger partial charge in [0.05, 0.1) is 12.2 Å². The first-order valence-corrected chi connectivity index (χ1v) is 6.37. The van der Waals surface area contributed by atoms with E-state index in [0.717, 1.165) is 17.2 Å². The predicted molar refractivity (Wildman–Crippen MR) is 73.4 cm³/mol. The summed E-state index contributed by atoms with van der Waals surface area (Å²) in [7, 11) is 0. The van der Waals surface area contributed by atoms with Gasteiger partial charge in [-0.25, -0.2) is 0 Å². The molecule has 1 N–H and O–H groups in total. The van der Waals surface area contributed by atoms with Crippen molar-refractivity contribution >= 4 is 0 Å². The minimum atomic E-state index is -4.53. The summed E-state index contributed by atoms with van der Waals surface area (Å²) < 4.78 is 44.2. The lowest BCUT2D eigenvalue weighted by molar-refractivity contribution is -0.138. The molecule has 2 aromatic rings. The third-order valence-electron chi connectivity index (χ3n) is 2.99. The number of aliphatic hydroxyl groups excluding tert-OH is 1. The van der Waals surface area contributed by atoms with E-state index in [1.807, 2.05) is 19.9 Å². The minimum Gasteiger partial charge on any atom is -0.457 e. The van der Waals surface area contributed by atoms with Gasteiger partial charge in [0.15, 0.2) is 0 Å². The molecular weight excluding hydrogens is 281 g/mol. The molecule has 2 nitrogen and oxygen atoms in total. The van der Waals surface area contributed by atoms with Gasteiger partial charge in [-0.05, 0) is 54.8 Å². The van der Waals surface area contributed by atoms with Crippen LogP contribution in [0.2, 0.25) is 0 Å². The van der Waals surface area contributed by atoms with Gasteiger partial charge in [-0.3, -0.25) is 0 Å². The molecule has 0 aliphatic rings. The molecule has 0 amide bonds. The second-order valence-electron chi connectivity index (χ2n) is 4.90. The lowest BCUT2D eigenvalue weighted by atomic mass is 10.1. The summed E-state index contributed by atoms with van der Waals surface area (Å²) in [6.45, 7) is 3.10. The normalized spacial score (nSPS) is 11.5. The zero-order chi connectivity index (χ0) is 15.6. The zero-order valence-electron chi connectivity index (χ0n) is 11.7. The lowest BCUT2D eigenvalue weighted by Crippen LogP contribution is -2.09. The van der Waals surface area contributed by atoms with Crippen LogP contribution in [0.3, 0.4) is 0 Å². The highest BCUT2D eigenvalue weighted by atomic mass is 19.4. The number of hydrogen-bond donors (Lipinski definition) is 1. The van der Waals surface area contributed by atoms with E-state index < -0.39 is 18.3 Å².